The van der Waals surface area contributed by atoms with Crippen LogP contribution in [-0.2, 0) is 14.3 Å². The number of hydrogen-bond acceptors (Lipinski definition) is 5. The second-order valence-electron chi connectivity index (χ2n) is 9.41. The molecule has 1 unspecified atom stereocenters. The van der Waals surface area contributed by atoms with Crippen LogP contribution in [0, 0.1) is 0 Å². The zero-order valence-electron chi connectivity index (χ0n) is 19.3. The standard InChI is InChI=1S/C23H45NO5/c1-5-6-7-8-9-10-11-12-13-14-15-16-17-18-22(27)29-23(28,19-21(25)26)20-24(2,3)4/h28H,5-20H2,1-4H3. The first-order valence-corrected chi connectivity index (χ1v) is 11.5. The fourth-order valence-corrected chi connectivity index (χ4v) is 3.64. The van der Waals surface area contributed by atoms with E-state index in [9.17, 15) is 19.8 Å². The summed E-state index contributed by atoms with van der Waals surface area (Å²) in [6.07, 6.45) is 15.4. The van der Waals surface area contributed by atoms with Crippen molar-refractivity contribution in [3.05, 3.63) is 0 Å². The molecular formula is C23H45NO5. The predicted octanol–water partition coefficient (Wildman–Crippen LogP) is 3.55. The van der Waals surface area contributed by atoms with Gasteiger partial charge in [0.05, 0.1) is 27.6 Å². The molecule has 172 valence electrons. The van der Waals surface area contributed by atoms with E-state index in [2.05, 4.69) is 6.92 Å². The quantitative estimate of drug-likeness (QED) is 0.151. The minimum atomic E-state index is -2.02. The number of quaternary nitrogens is 1. The zero-order valence-corrected chi connectivity index (χ0v) is 19.3. The number of likely N-dealkylation sites (N-methyl/N-ethyl adjacent to an activating group) is 1. The Labute approximate surface area is 178 Å². The Morgan fingerprint density at radius 2 is 1.24 bits per heavy atom. The normalized spacial score (nSPS) is 13.8. The van der Waals surface area contributed by atoms with Gasteiger partial charge >= 0.3 is 5.97 Å². The summed E-state index contributed by atoms with van der Waals surface area (Å²) in [4.78, 5) is 22.9. The molecule has 0 rings (SSSR count). The van der Waals surface area contributed by atoms with Crippen LogP contribution in [0.25, 0.3) is 0 Å². The van der Waals surface area contributed by atoms with Crippen molar-refractivity contribution in [2.75, 3.05) is 27.7 Å². The van der Waals surface area contributed by atoms with Crippen LogP contribution in [0.2, 0.25) is 0 Å². The maximum absolute atomic E-state index is 12.0. The van der Waals surface area contributed by atoms with E-state index >= 15 is 0 Å². The molecule has 0 aliphatic carbocycles. The first kappa shape index (κ1) is 27.9. The number of rotatable bonds is 19. The molecule has 0 amide bonds. The van der Waals surface area contributed by atoms with E-state index in [4.69, 9.17) is 4.74 Å². The van der Waals surface area contributed by atoms with Gasteiger partial charge in [-0.05, 0) is 6.42 Å². The number of carboxylic acids is 1. The van der Waals surface area contributed by atoms with Crippen LogP contribution in [0.3, 0.4) is 0 Å². The largest absolute Gasteiger partial charge is 0.550 e. The number of unbranched alkanes of at least 4 members (excludes halogenated alkanes) is 12. The summed E-state index contributed by atoms with van der Waals surface area (Å²) in [5.41, 5.74) is 0. The zero-order chi connectivity index (χ0) is 22.2. The molecule has 0 aliphatic rings. The molecule has 0 bridgehead atoms. The highest BCUT2D eigenvalue weighted by Gasteiger charge is 2.37. The Kier molecular flexibility index (Phi) is 15.1. The number of aliphatic carboxylic acids is 1. The molecule has 6 nitrogen and oxygen atoms in total. The second kappa shape index (κ2) is 15.7. The van der Waals surface area contributed by atoms with Crippen LogP contribution < -0.4 is 5.11 Å². The van der Waals surface area contributed by atoms with Gasteiger partial charge < -0.3 is 24.2 Å². The third kappa shape index (κ3) is 18.6. The summed E-state index contributed by atoms with van der Waals surface area (Å²) in [5, 5.41) is 21.3. The van der Waals surface area contributed by atoms with E-state index in [1.54, 1.807) is 21.1 Å². The van der Waals surface area contributed by atoms with Gasteiger partial charge in [-0.3, -0.25) is 4.79 Å². The lowest BCUT2D eigenvalue weighted by Crippen LogP contribution is -2.54. The van der Waals surface area contributed by atoms with E-state index in [0.29, 0.717) is 6.42 Å². The highest BCUT2D eigenvalue weighted by molar-refractivity contribution is 5.71. The molecule has 0 heterocycles. The lowest BCUT2D eigenvalue weighted by molar-refractivity contribution is -0.880. The van der Waals surface area contributed by atoms with Crippen molar-refractivity contribution in [2.24, 2.45) is 0 Å². The summed E-state index contributed by atoms with van der Waals surface area (Å²) < 4.78 is 5.39. The Hall–Kier alpha value is -1.14. The first-order chi connectivity index (χ1) is 13.6. The van der Waals surface area contributed by atoms with Gasteiger partial charge in [-0.25, -0.2) is 0 Å². The van der Waals surface area contributed by atoms with Crippen molar-refractivity contribution >= 4 is 11.9 Å². The Bertz CT molecular complexity index is 447. The van der Waals surface area contributed by atoms with Crippen molar-refractivity contribution in [1.82, 2.24) is 0 Å². The van der Waals surface area contributed by atoms with Gasteiger partial charge in [-0.15, -0.1) is 0 Å². The highest BCUT2D eigenvalue weighted by Crippen LogP contribution is 2.18. The molecule has 0 aliphatic heterocycles. The fraction of sp³-hybridized carbons (Fsp3) is 0.913. The fourth-order valence-electron chi connectivity index (χ4n) is 3.64. The number of carboxylic acid groups (broad SMARTS) is 1. The van der Waals surface area contributed by atoms with E-state index in [-0.39, 0.29) is 17.4 Å². The third-order valence-electron chi connectivity index (χ3n) is 4.93. The van der Waals surface area contributed by atoms with Gasteiger partial charge in [-0.1, -0.05) is 84.0 Å². The average Bonchev–Trinajstić information content (AvgIpc) is 2.56. The molecule has 29 heavy (non-hydrogen) atoms. The molecule has 0 spiro atoms. The van der Waals surface area contributed by atoms with Crippen LogP contribution in [0.5, 0.6) is 0 Å². The number of nitrogens with zero attached hydrogens (tertiary/aromatic N) is 1. The van der Waals surface area contributed by atoms with Gasteiger partial charge in [0, 0.05) is 12.4 Å². The monoisotopic (exact) mass is 415 g/mol. The molecule has 0 aromatic rings. The molecule has 1 atom stereocenters. The summed E-state index contributed by atoms with van der Waals surface area (Å²) in [6.45, 7) is 2.23. The Morgan fingerprint density at radius 3 is 1.62 bits per heavy atom. The first-order valence-electron chi connectivity index (χ1n) is 11.5. The maximum atomic E-state index is 12.0. The summed E-state index contributed by atoms with van der Waals surface area (Å²) in [6, 6.07) is 0. The van der Waals surface area contributed by atoms with Crippen LogP contribution >= 0.6 is 0 Å². The van der Waals surface area contributed by atoms with Gasteiger partial charge in [0.2, 0.25) is 0 Å². The average molecular weight is 416 g/mol. The SMILES string of the molecule is CCCCCCCCCCCCCCCC(=O)OC(O)(CC(=O)[O-])C[N+](C)(C)C. The molecule has 0 aromatic heterocycles. The van der Waals surface area contributed by atoms with Gasteiger partial charge in [0.1, 0.15) is 6.54 Å². The van der Waals surface area contributed by atoms with Crippen molar-refractivity contribution < 1.29 is 29.0 Å². The molecule has 0 saturated heterocycles. The van der Waals surface area contributed by atoms with E-state index in [1.807, 2.05) is 0 Å². The number of aliphatic hydroxyl groups is 1. The topological polar surface area (TPSA) is 86.7 Å². The number of carbonyl (C=O) groups is 2. The summed E-state index contributed by atoms with van der Waals surface area (Å²) in [5.74, 6) is -4.01. The summed E-state index contributed by atoms with van der Waals surface area (Å²) >= 11 is 0. The van der Waals surface area contributed by atoms with Crippen molar-refractivity contribution in [3.8, 4) is 0 Å². The molecule has 0 radical (unpaired) electrons. The summed E-state index contributed by atoms with van der Waals surface area (Å²) in [7, 11) is 5.38. The van der Waals surface area contributed by atoms with Gasteiger partial charge in [0.25, 0.3) is 5.79 Å². The number of hydrogen-bond donors (Lipinski definition) is 1. The Morgan fingerprint density at radius 1 is 0.828 bits per heavy atom. The van der Waals surface area contributed by atoms with Crippen LogP contribution in [0.15, 0.2) is 0 Å². The number of ether oxygens (including phenoxy) is 1. The number of esters is 1. The minimum absolute atomic E-state index is 0.00861. The predicted molar refractivity (Wildman–Crippen MR) is 114 cm³/mol. The smallest absolute Gasteiger partial charge is 0.308 e. The van der Waals surface area contributed by atoms with E-state index < -0.39 is 24.1 Å². The Balaban J connectivity index is 3.80. The van der Waals surface area contributed by atoms with Crippen LogP contribution in [0.4, 0.5) is 0 Å². The van der Waals surface area contributed by atoms with E-state index in [0.717, 1.165) is 12.8 Å². The molecule has 0 aromatic carbocycles. The molecule has 0 fully saturated rings. The van der Waals surface area contributed by atoms with Crippen LogP contribution in [-0.4, -0.2) is 55.0 Å². The molecule has 1 N–H and O–H groups in total. The van der Waals surface area contributed by atoms with E-state index in [1.165, 1.54) is 64.2 Å². The third-order valence-corrected chi connectivity index (χ3v) is 4.93. The molecular weight excluding hydrogens is 370 g/mol. The lowest BCUT2D eigenvalue weighted by atomic mass is 10.0. The van der Waals surface area contributed by atoms with Crippen LogP contribution in [0.1, 0.15) is 103 Å². The van der Waals surface area contributed by atoms with Gasteiger partial charge in [-0.2, -0.15) is 0 Å². The minimum Gasteiger partial charge on any atom is -0.550 e. The van der Waals surface area contributed by atoms with Crippen molar-refractivity contribution in [3.63, 3.8) is 0 Å². The van der Waals surface area contributed by atoms with Crippen molar-refractivity contribution in [1.29, 1.82) is 0 Å². The van der Waals surface area contributed by atoms with Crippen molar-refractivity contribution in [2.45, 2.75) is 109 Å². The molecule has 0 saturated carbocycles. The molecule has 6 heteroatoms. The highest BCUT2D eigenvalue weighted by atomic mass is 16.7. The number of carbonyl (C=O) groups excluding carboxylic acids is 2. The van der Waals surface area contributed by atoms with Gasteiger partial charge in [0.15, 0.2) is 0 Å². The second-order valence-corrected chi connectivity index (χ2v) is 9.41. The lowest BCUT2D eigenvalue weighted by Gasteiger charge is -2.35. The maximum Gasteiger partial charge on any atom is 0.308 e.